The number of rotatable bonds is 4. The lowest BCUT2D eigenvalue weighted by molar-refractivity contribution is -0.386. The van der Waals surface area contributed by atoms with E-state index in [2.05, 4.69) is 0 Å². The van der Waals surface area contributed by atoms with Crippen molar-refractivity contribution in [3.63, 3.8) is 0 Å². The van der Waals surface area contributed by atoms with Crippen molar-refractivity contribution in [3.05, 3.63) is 38.9 Å². The first-order valence-corrected chi connectivity index (χ1v) is 4.85. The highest BCUT2D eigenvalue weighted by molar-refractivity contribution is 6.30. The van der Waals surface area contributed by atoms with E-state index in [1.807, 2.05) is 0 Å². The molecule has 0 saturated heterocycles. The number of aliphatic hydroxyl groups is 1. The Morgan fingerprint density at radius 1 is 1.59 bits per heavy atom. The van der Waals surface area contributed by atoms with Gasteiger partial charge in [-0.1, -0.05) is 11.6 Å². The molecule has 1 aromatic rings. The van der Waals surface area contributed by atoms with Crippen LogP contribution in [0.4, 0.5) is 14.5 Å². The average molecular weight is 267 g/mol. The molecule has 0 saturated carbocycles. The van der Waals surface area contributed by atoms with Crippen LogP contribution in [-0.4, -0.2) is 22.6 Å². The second-order valence-corrected chi connectivity index (χ2v) is 3.79. The van der Waals surface area contributed by atoms with Gasteiger partial charge in [0.2, 0.25) is 0 Å². The monoisotopic (exact) mass is 266 g/mol. The standard InChI is InChI=1S/C9H9ClF2N2O3/c10-5-1-2-7(14(16)17)6(3-5)8(13)9(11,12)4-15/h1-3,8,15H,4,13H2/t8-/m0/s1. The SMILES string of the molecule is N[C@@H](c1cc(Cl)ccc1[N+](=O)[O-])C(F)(F)CO. The fraction of sp³-hybridized carbons (Fsp3) is 0.333. The summed E-state index contributed by atoms with van der Waals surface area (Å²) in [6.07, 6.45) is 0. The summed E-state index contributed by atoms with van der Waals surface area (Å²) >= 11 is 5.57. The van der Waals surface area contributed by atoms with Crippen LogP contribution in [0.15, 0.2) is 18.2 Å². The summed E-state index contributed by atoms with van der Waals surface area (Å²) in [5, 5.41) is 19.2. The van der Waals surface area contributed by atoms with E-state index in [1.165, 1.54) is 6.07 Å². The van der Waals surface area contributed by atoms with Gasteiger partial charge in [-0.15, -0.1) is 0 Å². The number of benzene rings is 1. The van der Waals surface area contributed by atoms with Crippen molar-refractivity contribution in [2.24, 2.45) is 5.73 Å². The Morgan fingerprint density at radius 3 is 2.65 bits per heavy atom. The van der Waals surface area contributed by atoms with E-state index in [1.54, 1.807) is 0 Å². The van der Waals surface area contributed by atoms with Gasteiger partial charge in [-0.25, -0.2) is 8.78 Å². The zero-order valence-electron chi connectivity index (χ0n) is 8.44. The smallest absolute Gasteiger partial charge is 0.289 e. The van der Waals surface area contributed by atoms with Crippen LogP contribution in [0.1, 0.15) is 11.6 Å². The first-order valence-electron chi connectivity index (χ1n) is 4.47. The van der Waals surface area contributed by atoms with Crippen LogP contribution in [0.5, 0.6) is 0 Å². The van der Waals surface area contributed by atoms with Crippen molar-refractivity contribution in [1.29, 1.82) is 0 Å². The first-order chi connectivity index (χ1) is 7.79. The predicted molar refractivity (Wildman–Crippen MR) is 57.1 cm³/mol. The first kappa shape index (κ1) is 13.8. The number of hydrogen-bond acceptors (Lipinski definition) is 4. The largest absolute Gasteiger partial charge is 0.390 e. The van der Waals surface area contributed by atoms with Gasteiger partial charge in [0.1, 0.15) is 12.6 Å². The zero-order valence-corrected chi connectivity index (χ0v) is 9.19. The molecule has 0 heterocycles. The fourth-order valence-corrected chi connectivity index (χ4v) is 1.45. The molecular formula is C9H9ClF2N2O3. The Morgan fingerprint density at radius 2 is 2.18 bits per heavy atom. The lowest BCUT2D eigenvalue weighted by Gasteiger charge is -2.21. The topological polar surface area (TPSA) is 89.4 Å². The Hall–Kier alpha value is -1.31. The highest BCUT2D eigenvalue weighted by Crippen LogP contribution is 2.35. The van der Waals surface area contributed by atoms with Crippen LogP contribution in [0.25, 0.3) is 0 Å². The molecule has 0 amide bonds. The average Bonchev–Trinajstić information content (AvgIpc) is 2.27. The van der Waals surface area contributed by atoms with Gasteiger partial charge in [0.05, 0.1) is 10.5 Å². The number of alkyl halides is 2. The van der Waals surface area contributed by atoms with E-state index in [0.717, 1.165) is 12.1 Å². The number of nitro benzene ring substituents is 1. The number of aliphatic hydroxyl groups excluding tert-OH is 1. The molecule has 1 aromatic carbocycles. The summed E-state index contributed by atoms with van der Waals surface area (Å²) < 4.78 is 26.3. The molecule has 0 radical (unpaired) electrons. The van der Waals surface area contributed by atoms with Gasteiger partial charge in [-0.05, 0) is 12.1 Å². The van der Waals surface area contributed by atoms with Crippen molar-refractivity contribution < 1.29 is 18.8 Å². The molecule has 0 fully saturated rings. The highest BCUT2D eigenvalue weighted by Gasteiger charge is 2.40. The third-order valence-electron chi connectivity index (χ3n) is 2.19. The lowest BCUT2D eigenvalue weighted by Crippen LogP contribution is -2.36. The Bertz CT molecular complexity index is 442. The summed E-state index contributed by atoms with van der Waals surface area (Å²) in [6.45, 7) is -1.50. The number of nitro groups is 1. The minimum Gasteiger partial charge on any atom is -0.390 e. The summed E-state index contributed by atoms with van der Waals surface area (Å²) in [5.41, 5.74) is 4.24. The molecule has 0 aliphatic rings. The summed E-state index contributed by atoms with van der Waals surface area (Å²) in [7, 11) is 0. The van der Waals surface area contributed by atoms with Crippen molar-refractivity contribution in [3.8, 4) is 0 Å². The Kier molecular flexibility index (Phi) is 3.97. The lowest BCUT2D eigenvalue weighted by atomic mass is 10.00. The van der Waals surface area contributed by atoms with Crippen molar-refractivity contribution in [2.75, 3.05) is 6.61 Å². The minimum atomic E-state index is -3.66. The Labute approximate surface area is 99.9 Å². The maximum Gasteiger partial charge on any atom is 0.289 e. The molecule has 0 unspecified atom stereocenters. The summed E-state index contributed by atoms with van der Waals surface area (Å²) in [5.74, 6) is -3.66. The molecule has 0 aliphatic carbocycles. The van der Waals surface area contributed by atoms with E-state index in [9.17, 15) is 18.9 Å². The quantitative estimate of drug-likeness (QED) is 0.643. The molecule has 0 aromatic heterocycles. The molecule has 3 N–H and O–H groups in total. The van der Waals surface area contributed by atoms with Gasteiger partial charge >= 0.3 is 0 Å². The van der Waals surface area contributed by atoms with Gasteiger partial charge < -0.3 is 10.8 Å². The van der Waals surface area contributed by atoms with Crippen LogP contribution < -0.4 is 5.73 Å². The maximum absolute atomic E-state index is 13.2. The normalized spacial score (nSPS) is 13.5. The molecule has 17 heavy (non-hydrogen) atoms. The fourth-order valence-electron chi connectivity index (χ4n) is 1.27. The van der Waals surface area contributed by atoms with E-state index >= 15 is 0 Å². The van der Waals surface area contributed by atoms with Crippen LogP contribution >= 0.6 is 11.6 Å². The van der Waals surface area contributed by atoms with E-state index in [0.29, 0.717) is 0 Å². The molecule has 94 valence electrons. The van der Waals surface area contributed by atoms with Crippen molar-refractivity contribution >= 4 is 17.3 Å². The summed E-state index contributed by atoms with van der Waals surface area (Å²) in [4.78, 5) is 9.82. The summed E-state index contributed by atoms with van der Waals surface area (Å²) in [6, 6.07) is 1.19. The van der Waals surface area contributed by atoms with E-state index in [4.69, 9.17) is 22.4 Å². The van der Waals surface area contributed by atoms with Gasteiger partial charge in [0, 0.05) is 11.1 Å². The number of hydrogen-bond donors (Lipinski definition) is 2. The molecule has 0 spiro atoms. The van der Waals surface area contributed by atoms with Crippen molar-refractivity contribution in [1.82, 2.24) is 0 Å². The van der Waals surface area contributed by atoms with Crippen LogP contribution in [-0.2, 0) is 0 Å². The highest BCUT2D eigenvalue weighted by atomic mass is 35.5. The number of nitrogens with zero attached hydrogens (tertiary/aromatic N) is 1. The molecule has 1 rings (SSSR count). The molecule has 8 heteroatoms. The van der Waals surface area contributed by atoms with E-state index < -0.39 is 34.7 Å². The molecule has 0 aliphatic heterocycles. The van der Waals surface area contributed by atoms with E-state index in [-0.39, 0.29) is 5.02 Å². The molecule has 5 nitrogen and oxygen atoms in total. The Balaban J connectivity index is 3.29. The van der Waals surface area contributed by atoms with Crippen LogP contribution in [0.3, 0.4) is 0 Å². The molecule has 1 atom stereocenters. The molecular weight excluding hydrogens is 258 g/mol. The van der Waals surface area contributed by atoms with Gasteiger partial charge in [-0.2, -0.15) is 0 Å². The third-order valence-corrected chi connectivity index (χ3v) is 2.42. The van der Waals surface area contributed by atoms with Gasteiger partial charge in [0.25, 0.3) is 11.6 Å². The minimum absolute atomic E-state index is 0.0507. The van der Waals surface area contributed by atoms with Crippen molar-refractivity contribution in [2.45, 2.75) is 12.0 Å². The number of nitrogens with two attached hydrogens (primary N) is 1. The molecule has 0 bridgehead atoms. The maximum atomic E-state index is 13.2. The second-order valence-electron chi connectivity index (χ2n) is 3.36. The number of halogens is 3. The van der Waals surface area contributed by atoms with Crippen LogP contribution in [0, 0.1) is 10.1 Å². The predicted octanol–water partition coefficient (Wildman–Crippen LogP) is 1.88. The second kappa shape index (κ2) is 4.91. The van der Waals surface area contributed by atoms with Crippen LogP contribution in [0.2, 0.25) is 5.02 Å². The van der Waals surface area contributed by atoms with Gasteiger partial charge in [-0.3, -0.25) is 10.1 Å². The zero-order chi connectivity index (χ0) is 13.2. The van der Waals surface area contributed by atoms with Gasteiger partial charge in [0.15, 0.2) is 0 Å². The third kappa shape index (κ3) is 2.87.